The Morgan fingerprint density at radius 3 is 2.55 bits per heavy atom. The third kappa shape index (κ3) is 7.39. The van der Waals surface area contributed by atoms with E-state index in [1.807, 2.05) is 6.92 Å². The van der Waals surface area contributed by atoms with Crippen molar-refractivity contribution in [2.75, 3.05) is 18.6 Å². The van der Waals surface area contributed by atoms with Crippen LogP contribution in [0.4, 0.5) is 0 Å². The Balaban J connectivity index is 3.71. The van der Waals surface area contributed by atoms with Gasteiger partial charge in [0, 0.05) is 12.8 Å². The predicted octanol–water partition coefficient (Wildman–Crippen LogP) is -0.141. The quantitative estimate of drug-likeness (QED) is 0.607. The van der Waals surface area contributed by atoms with Crippen LogP contribution in [0.15, 0.2) is 0 Å². The molecule has 0 spiro atoms. The normalized spacial score (nSPS) is 15.5. The highest BCUT2D eigenvalue weighted by Crippen LogP contribution is 1.82. The molecule has 0 aliphatic rings. The Labute approximate surface area is 68.2 Å². The number of nitrogens with one attached hydrogen (secondary N) is 1. The number of carbonyl (C=O) groups is 1. The summed E-state index contributed by atoms with van der Waals surface area (Å²) in [7, 11) is -2.17. The van der Waals surface area contributed by atoms with E-state index in [4.69, 9.17) is 0 Å². The van der Waals surface area contributed by atoms with Gasteiger partial charge in [0.1, 0.15) is 0 Å². The van der Waals surface area contributed by atoms with Gasteiger partial charge in [0.2, 0.25) is 5.91 Å². The first-order chi connectivity index (χ1) is 4.95. The fourth-order valence-corrected chi connectivity index (χ4v) is 1.25. The van der Waals surface area contributed by atoms with Crippen LogP contribution < -0.4 is 5.32 Å². The van der Waals surface area contributed by atoms with Gasteiger partial charge >= 0.3 is 0 Å². The molecule has 0 aromatic carbocycles. The summed E-state index contributed by atoms with van der Waals surface area (Å²) in [5, 5.41) is 2.63. The van der Waals surface area contributed by atoms with E-state index in [1.54, 1.807) is 0 Å². The summed E-state index contributed by atoms with van der Waals surface area (Å²) in [4.78, 5) is 10.9. The molecule has 0 radical (unpaired) electrons. The molecule has 0 bridgehead atoms. The molecular formula is C7H15NO2S. The molecule has 1 N–H and O–H groups in total. The van der Waals surface area contributed by atoms with E-state index in [1.165, 1.54) is 6.26 Å². The number of hydrogen-bond donors (Lipinski definition) is 1. The van der Waals surface area contributed by atoms with Gasteiger partial charge in [-0.1, -0.05) is 6.92 Å². The van der Waals surface area contributed by atoms with Crippen LogP contribution in [0, 0.1) is 0 Å². The maximum absolute atomic E-state index is 11.0. The SMILES string of the molecule is C=S(C)(=O)CC(=O)NCCC. The summed E-state index contributed by atoms with van der Waals surface area (Å²) in [5.41, 5.74) is 0. The highest BCUT2D eigenvalue weighted by atomic mass is 32.2. The number of hydrogen-bond acceptors (Lipinski definition) is 2. The van der Waals surface area contributed by atoms with E-state index in [0.29, 0.717) is 6.54 Å². The molecule has 3 nitrogen and oxygen atoms in total. The van der Waals surface area contributed by atoms with Crippen molar-refractivity contribution in [3.63, 3.8) is 0 Å². The number of rotatable bonds is 4. The Bertz CT molecular complexity index is 219. The summed E-state index contributed by atoms with van der Waals surface area (Å²) in [5.74, 6) is 3.25. The topological polar surface area (TPSA) is 46.2 Å². The first-order valence-electron chi connectivity index (χ1n) is 3.52. The van der Waals surface area contributed by atoms with Gasteiger partial charge in [-0.3, -0.25) is 9.00 Å². The zero-order valence-electron chi connectivity index (χ0n) is 7.05. The minimum Gasteiger partial charge on any atom is -0.355 e. The average Bonchev–Trinajstić information content (AvgIpc) is 1.79. The standard InChI is InChI=1S/C7H15NO2S/c1-4-5-8-7(9)6-11(2,3)10/h2,4-6H2,1,3H3,(H,8,9). The van der Waals surface area contributed by atoms with Crippen LogP contribution in [-0.2, 0) is 14.3 Å². The zero-order chi connectivity index (χ0) is 8.91. The molecular weight excluding hydrogens is 162 g/mol. The fraction of sp³-hybridized carbons (Fsp3) is 0.714. The maximum atomic E-state index is 11.0. The molecule has 0 aromatic rings. The van der Waals surface area contributed by atoms with Crippen LogP contribution in [0.1, 0.15) is 13.3 Å². The first-order valence-corrected chi connectivity index (χ1v) is 5.83. The minimum atomic E-state index is -2.17. The molecule has 0 saturated carbocycles. The summed E-state index contributed by atoms with van der Waals surface area (Å²) in [6.07, 6.45) is 2.38. The monoisotopic (exact) mass is 177 g/mol. The van der Waals surface area contributed by atoms with E-state index < -0.39 is 9.52 Å². The summed E-state index contributed by atoms with van der Waals surface area (Å²) >= 11 is 0. The van der Waals surface area contributed by atoms with Gasteiger partial charge in [0.05, 0.1) is 5.75 Å². The van der Waals surface area contributed by atoms with Gasteiger partial charge in [-0.05, 0) is 21.8 Å². The summed E-state index contributed by atoms with van der Waals surface area (Å²) in [6, 6.07) is 0. The third-order valence-corrected chi connectivity index (χ3v) is 1.88. The highest BCUT2D eigenvalue weighted by molar-refractivity contribution is 8.00. The lowest BCUT2D eigenvalue weighted by atomic mass is 10.5. The van der Waals surface area contributed by atoms with Crippen molar-refractivity contribution in [3.8, 4) is 0 Å². The fourth-order valence-electron chi connectivity index (χ4n) is 0.593. The lowest BCUT2D eigenvalue weighted by Crippen LogP contribution is -2.30. The number of amides is 1. The number of carbonyl (C=O) groups excluding carboxylic acids is 1. The van der Waals surface area contributed by atoms with Gasteiger partial charge in [0.25, 0.3) is 0 Å². The molecule has 4 heteroatoms. The van der Waals surface area contributed by atoms with Gasteiger partial charge in [-0.15, -0.1) is 0 Å². The van der Waals surface area contributed by atoms with Crippen LogP contribution >= 0.6 is 0 Å². The van der Waals surface area contributed by atoms with Crippen LogP contribution in [0.25, 0.3) is 0 Å². The van der Waals surface area contributed by atoms with Crippen molar-refractivity contribution < 1.29 is 9.00 Å². The molecule has 0 rings (SSSR count). The third-order valence-electron chi connectivity index (χ3n) is 1.01. The minimum absolute atomic E-state index is 0.0347. The average molecular weight is 177 g/mol. The van der Waals surface area contributed by atoms with Crippen molar-refractivity contribution in [3.05, 3.63) is 0 Å². The largest absolute Gasteiger partial charge is 0.355 e. The van der Waals surface area contributed by atoms with E-state index in [9.17, 15) is 9.00 Å². The Morgan fingerprint density at radius 2 is 2.18 bits per heavy atom. The molecule has 1 amide bonds. The van der Waals surface area contributed by atoms with Crippen molar-refractivity contribution in [2.24, 2.45) is 0 Å². The molecule has 1 unspecified atom stereocenters. The molecule has 0 aliphatic carbocycles. The van der Waals surface area contributed by atoms with Gasteiger partial charge < -0.3 is 5.32 Å². The van der Waals surface area contributed by atoms with Crippen LogP contribution in [0.2, 0.25) is 0 Å². The van der Waals surface area contributed by atoms with Crippen molar-refractivity contribution in [1.82, 2.24) is 5.32 Å². The zero-order valence-corrected chi connectivity index (χ0v) is 7.87. The molecule has 0 aliphatic heterocycles. The molecule has 0 saturated heterocycles. The molecule has 66 valence electrons. The highest BCUT2D eigenvalue weighted by Gasteiger charge is 2.03. The molecule has 0 aromatic heterocycles. The van der Waals surface area contributed by atoms with E-state index >= 15 is 0 Å². The van der Waals surface area contributed by atoms with Gasteiger partial charge in [0.15, 0.2) is 0 Å². The van der Waals surface area contributed by atoms with Crippen LogP contribution in [-0.4, -0.2) is 34.5 Å². The van der Waals surface area contributed by atoms with E-state index in [-0.39, 0.29) is 11.7 Å². The Morgan fingerprint density at radius 1 is 1.64 bits per heavy atom. The lowest BCUT2D eigenvalue weighted by molar-refractivity contribution is -0.118. The van der Waals surface area contributed by atoms with Gasteiger partial charge in [-0.25, -0.2) is 0 Å². The summed E-state index contributed by atoms with van der Waals surface area (Å²) in [6.45, 7) is 2.61. The maximum Gasteiger partial charge on any atom is 0.232 e. The van der Waals surface area contributed by atoms with Gasteiger partial charge in [-0.2, -0.15) is 0 Å². The molecule has 0 fully saturated rings. The Hall–Kier alpha value is -0.510. The lowest BCUT2D eigenvalue weighted by Gasteiger charge is -2.03. The van der Waals surface area contributed by atoms with Crippen LogP contribution in [0.5, 0.6) is 0 Å². The Kier molecular flexibility index (Phi) is 4.18. The predicted molar refractivity (Wildman–Crippen MR) is 49.4 cm³/mol. The smallest absolute Gasteiger partial charge is 0.232 e. The van der Waals surface area contributed by atoms with Crippen molar-refractivity contribution in [2.45, 2.75) is 13.3 Å². The first kappa shape index (κ1) is 10.5. The second-order valence-electron chi connectivity index (χ2n) is 2.68. The van der Waals surface area contributed by atoms with E-state index in [2.05, 4.69) is 11.2 Å². The molecule has 1 atom stereocenters. The summed E-state index contributed by atoms with van der Waals surface area (Å²) < 4.78 is 11.0. The molecule has 11 heavy (non-hydrogen) atoms. The second-order valence-corrected chi connectivity index (χ2v) is 5.33. The van der Waals surface area contributed by atoms with Crippen LogP contribution in [0.3, 0.4) is 0 Å². The van der Waals surface area contributed by atoms with E-state index in [0.717, 1.165) is 6.42 Å². The molecule has 0 heterocycles. The van der Waals surface area contributed by atoms with Crippen molar-refractivity contribution >= 4 is 21.3 Å². The van der Waals surface area contributed by atoms with Crippen molar-refractivity contribution in [1.29, 1.82) is 0 Å². The second kappa shape index (κ2) is 4.38.